The van der Waals surface area contributed by atoms with Gasteiger partial charge in [0.15, 0.2) is 0 Å². The fourth-order valence-corrected chi connectivity index (χ4v) is 3.49. The number of nitrogens with one attached hydrogen (secondary N) is 1. The lowest BCUT2D eigenvalue weighted by Gasteiger charge is -2.38. The van der Waals surface area contributed by atoms with Crippen LogP contribution >= 0.6 is 11.6 Å². The molecule has 0 aliphatic heterocycles. The van der Waals surface area contributed by atoms with Crippen LogP contribution in [0.25, 0.3) is 0 Å². The summed E-state index contributed by atoms with van der Waals surface area (Å²) in [6.07, 6.45) is 4.10. The number of hydrogen-bond acceptors (Lipinski definition) is 2. The Labute approximate surface area is 117 Å². The molecule has 0 amide bonds. The zero-order chi connectivity index (χ0) is 13.1. The quantitative estimate of drug-likeness (QED) is 0.901. The van der Waals surface area contributed by atoms with E-state index in [0.717, 1.165) is 10.8 Å². The summed E-state index contributed by atoms with van der Waals surface area (Å²) in [5.74, 6) is 1.39. The molecule has 1 saturated carbocycles. The summed E-state index contributed by atoms with van der Waals surface area (Å²) in [6, 6.07) is 9.07. The highest BCUT2D eigenvalue weighted by Gasteiger charge is 2.30. The molecule has 0 radical (unpaired) electrons. The standard InChI is InChI=1S/C14H20ClNOS/c1-10(9-18(2)17)16-14-7-12(8-14)11-3-5-13(15)6-4-11/h3-6,10,12,14,16H,7-9H2,1-2H3. The molecule has 0 aromatic heterocycles. The van der Waals surface area contributed by atoms with Crippen LogP contribution in [-0.4, -0.2) is 28.3 Å². The van der Waals surface area contributed by atoms with Crippen molar-refractivity contribution < 1.29 is 4.21 Å². The van der Waals surface area contributed by atoms with E-state index in [-0.39, 0.29) is 0 Å². The molecule has 1 aliphatic carbocycles. The first-order valence-electron chi connectivity index (χ1n) is 6.36. The predicted octanol–water partition coefficient (Wildman–Crippen LogP) is 2.94. The molecule has 2 rings (SSSR count). The first kappa shape index (κ1) is 14.0. The Balaban J connectivity index is 1.77. The first-order valence-corrected chi connectivity index (χ1v) is 8.46. The van der Waals surface area contributed by atoms with Crippen LogP contribution in [0.1, 0.15) is 31.2 Å². The van der Waals surface area contributed by atoms with Crippen molar-refractivity contribution in [3.8, 4) is 0 Å². The van der Waals surface area contributed by atoms with E-state index in [1.165, 1.54) is 18.4 Å². The maximum absolute atomic E-state index is 11.1. The molecule has 100 valence electrons. The van der Waals surface area contributed by atoms with Crippen LogP contribution in [0, 0.1) is 0 Å². The third kappa shape index (κ3) is 3.81. The van der Waals surface area contributed by atoms with Crippen molar-refractivity contribution in [1.29, 1.82) is 0 Å². The average Bonchev–Trinajstić information content (AvgIpc) is 2.23. The van der Waals surface area contributed by atoms with Gasteiger partial charge < -0.3 is 5.32 Å². The Bertz CT molecular complexity index is 414. The SMILES string of the molecule is CC(CS(C)=O)NC1CC(c2ccc(Cl)cc2)C1. The fourth-order valence-electron chi connectivity index (χ4n) is 2.56. The van der Waals surface area contributed by atoms with Gasteiger partial charge in [0.2, 0.25) is 0 Å². The largest absolute Gasteiger partial charge is 0.311 e. The zero-order valence-electron chi connectivity index (χ0n) is 10.9. The van der Waals surface area contributed by atoms with E-state index < -0.39 is 10.8 Å². The van der Waals surface area contributed by atoms with Gasteiger partial charge in [0, 0.05) is 39.9 Å². The highest BCUT2D eigenvalue weighted by atomic mass is 35.5. The topological polar surface area (TPSA) is 29.1 Å². The lowest BCUT2D eigenvalue weighted by Crippen LogP contribution is -2.46. The monoisotopic (exact) mass is 285 g/mol. The second kappa shape index (κ2) is 6.18. The van der Waals surface area contributed by atoms with Crippen LogP contribution in [0.2, 0.25) is 5.02 Å². The molecule has 1 N–H and O–H groups in total. The minimum atomic E-state index is -0.715. The molecule has 2 nitrogen and oxygen atoms in total. The molecule has 2 unspecified atom stereocenters. The third-order valence-corrected chi connectivity index (χ3v) is 4.71. The molecule has 0 heterocycles. The number of halogens is 1. The normalized spacial score (nSPS) is 26.4. The van der Waals surface area contributed by atoms with Gasteiger partial charge in [-0.15, -0.1) is 0 Å². The molecule has 0 saturated heterocycles. The van der Waals surface area contributed by atoms with Crippen molar-refractivity contribution in [2.45, 2.75) is 37.8 Å². The molecule has 1 aromatic carbocycles. The highest BCUT2D eigenvalue weighted by Crippen LogP contribution is 2.37. The van der Waals surface area contributed by atoms with E-state index in [0.29, 0.717) is 18.0 Å². The summed E-state index contributed by atoms with van der Waals surface area (Å²) in [7, 11) is -0.715. The van der Waals surface area contributed by atoms with Crippen molar-refractivity contribution in [3.63, 3.8) is 0 Å². The van der Waals surface area contributed by atoms with E-state index in [2.05, 4.69) is 24.4 Å². The smallest absolute Gasteiger partial charge is 0.0406 e. The van der Waals surface area contributed by atoms with Gasteiger partial charge in [0.05, 0.1) is 0 Å². The van der Waals surface area contributed by atoms with Crippen molar-refractivity contribution in [3.05, 3.63) is 34.9 Å². The van der Waals surface area contributed by atoms with E-state index in [1.807, 2.05) is 12.1 Å². The van der Waals surface area contributed by atoms with Gasteiger partial charge in [-0.3, -0.25) is 4.21 Å². The molecule has 0 bridgehead atoms. The molecular formula is C14H20ClNOS. The molecule has 0 spiro atoms. The molecule has 2 atom stereocenters. The van der Waals surface area contributed by atoms with Crippen LogP contribution in [0.15, 0.2) is 24.3 Å². The van der Waals surface area contributed by atoms with E-state index in [1.54, 1.807) is 6.26 Å². The van der Waals surface area contributed by atoms with Crippen molar-refractivity contribution in [2.75, 3.05) is 12.0 Å². The first-order chi connectivity index (χ1) is 8.54. The average molecular weight is 286 g/mol. The highest BCUT2D eigenvalue weighted by molar-refractivity contribution is 7.84. The number of benzene rings is 1. The fraction of sp³-hybridized carbons (Fsp3) is 0.571. The molecule has 1 aromatic rings. The van der Waals surface area contributed by atoms with E-state index in [4.69, 9.17) is 11.6 Å². The summed E-state index contributed by atoms with van der Waals surface area (Å²) in [4.78, 5) is 0. The number of rotatable bonds is 5. The molecule has 1 aliphatic rings. The molecular weight excluding hydrogens is 266 g/mol. The van der Waals surface area contributed by atoms with E-state index in [9.17, 15) is 4.21 Å². The van der Waals surface area contributed by atoms with Crippen molar-refractivity contribution in [2.24, 2.45) is 0 Å². The Kier molecular flexibility index (Phi) is 4.82. The van der Waals surface area contributed by atoms with Crippen LogP contribution < -0.4 is 5.32 Å². The molecule has 4 heteroatoms. The maximum Gasteiger partial charge on any atom is 0.0406 e. The summed E-state index contributed by atoms with van der Waals surface area (Å²) < 4.78 is 11.1. The summed E-state index contributed by atoms with van der Waals surface area (Å²) in [5.41, 5.74) is 1.38. The van der Waals surface area contributed by atoms with Crippen molar-refractivity contribution >= 4 is 22.4 Å². The zero-order valence-corrected chi connectivity index (χ0v) is 12.4. The Morgan fingerprint density at radius 3 is 2.56 bits per heavy atom. The van der Waals surface area contributed by atoms with Crippen LogP contribution in [0.5, 0.6) is 0 Å². The Morgan fingerprint density at radius 1 is 1.39 bits per heavy atom. The molecule has 1 fully saturated rings. The lowest BCUT2D eigenvalue weighted by atomic mass is 9.75. The summed E-state index contributed by atoms with van der Waals surface area (Å²) in [5, 5.41) is 4.34. The van der Waals surface area contributed by atoms with Crippen molar-refractivity contribution in [1.82, 2.24) is 5.32 Å². The number of hydrogen-bond donors (Lipinski definition) is 1. The minimum Gasteiger partial charge on any atom is -0.311 e. The van der Waals surface area contributed by atoms with Gasteiger partial charge >= 0.3 is 0 Å². The van der Waals surface area contributed by atoms with Crippen LogP contribution in [0.3, 0.4) is 0 Å². The lowest BCUT2D eigenvalue weighted by molar-refractivity contribution is 0.276. The maximum atomic E-state index is 11.1. The van der Waals surface area contributed by atoms with Gasteiger partial charge in [-0.2, -0.15) is 0 Å². The predicted molar refractivity (Wildman–Crippen MR) is 78.7 cm³/mol. The summed E-state index contributed by atoms with van der Waals surface area (Å²) in [6.45, 7) is 2.11. The third-order valence-electron chi connectivity index (χ3n) is 3.48. The van der Waals surface area contributed by atoms with Gasteiger partial charge in [-0.1, -0.05) is 23.7 Å². The molecule has 18 heavy (non-hydrogen) atoms. The van der Waals surface area contributed by atoms with Gasteiger partial charge in [-0.25, -0.2) is 0 Å². The minimum absolute atomic E-state index is 0.340. The van der Waals surface area contributed by atoms with Crippen LogP contribution in [-0.2, 0) is 10.8 Å². The Hall–Kier alpha value is -0.380. The van der Waals surface area contributed by atoms with Crippen LogP contribution in [0.4, 0.5) is 0 Å². The van der Waals surface area contributed by atoms with E-state index >= 15 is 0 Å². The summed E-state index contributed by atoms with van der Waals surface area (Å²) >= 11 is 5.88. The van der Waals surface area contributed by atoms with Gasteiger partial charge in [-0.05, 0) is 43.4 Å². The Morgan fingerprint density at radius 2 is 2.00 bits per heavy atom. The second-order valence-corrected chi connectivity index (χ2v) is 7.14. The van der Waals surface area contributed by atoms with Gasteiger partial charge in [0.1, 0.15) is 0 Å². The van der Waals surface area contributed by atoms with Gasteiger partial charge in [0.25, 0.3) is 0 Å². The second-order valence-electron chi connectivity index (χ2n) is 5.22.